The van der Waals surface area contributed by atoms with E-state index in [1.807, 2.05) is 6.92 Å². The van der Waals surface area contributed by atoms with Crippen LogP contribution in [0.4, 0.5) is 0 Å². The van der Waals surface area contributed by atoms with E-state index in [9.17, 15) is 4.79 Å². The van der Waals surface area contributed by atoms with E-state index in [0.29, 0.717) is 23.5 Å². The summed E-state index contributed by atoms with van der Waals surface area (Å²) in [4.78, 5) is 25.3. The molecule has 0 fully saturated rings. The zero-order valence-electron chi connectivity index (χ0n) is 9.93. The molecule has 0 unspecified atom stereocenters. The number of hydrogen-bond donors (Lipinski definition) is 0. The molecule has 90 valence electrons. The van der Waals surface area contributed by atoms with Crippen LogP contribution in [0.25, 0.3) is 11.2 Å². The Bertz CT molecular complexity index is 562. The number of esters is 1. The maximum Gasteiger partial charge on any atom is 0.358 e. The molecule has 0 saturated carbocycles. The second kappa shape index (κ2) is 4.40. The molecule has 2 aromatic rings. The van der Waals surface area contributed by atoms with Gasteiger partial charge in [-0.25, -0.2) is 14.8 Å². The lowest BCUT2D eigenvalue weighted by Crippen LogP contribution is -2.12. The van der Waals surface area contributed by atoms with Crippen molar-refractivity contribution in [3.63, 3.8) is 0 Å². The number of fused-ring (bicyclic) bond motifs is 1. The Labute approximate surface area is 98.1 Å². The summed E-state index contributed by atoms with van der Waals surface area (Å²) in [6.07, 6.45) is 1.72. The van der Waals surface area contributed by atoms with Gasteiger partial charge in [-0.1, -0.05) is 0 Å². The van der Waals surface area contributed by atoms with Crippen molar-refractivity contribution < 1.29 is 14.4 Å². The van der Waals surface area contributed by atoms with Gasteiger partial charge in [-0.15, -0.1) is 0 Å². The van der Waals surface area contributed by atoms with Gasteiger partial charge in [0, 0.05) is 6.20 Å². The zero-order chi connectivity index (χ0) is 12.4. The fraction of sp³-hybridized carbons (Fsp3) is 0.364. The van der Waals surface area contributed by atoms with E-state index in [1.165, 1.54) is 11.8 Å². The van der Waals surface area contributed by atoms with Gasteiger partial charge in [-0.2, -0.15) is 4.73 Å². The van der Waals surface area contributed by atoms with Crippen molar-refractivity contribution in [2.45, 2.75) is 13.8 Å². The van der Waals surface area contributed by atoms with Crippen molar-refractivity contribution in [2.24, 2.45) is 0 Å². The quantitative estimate of drug-likeness (QED) is 0.742. The fourth-order valence-corrected chi connectivity index (χ4v) is 1.54. The first-order valence-corrected chi connectivity index (χ1v) is 5.24. The Morgan fingerprint density at radius 3 is 2.88 bits per heavy atom. The molecule has 0 N–H and O–H groups in total. The molecule has 0 amide bonds. The predicted octanol–water partition coefficient (Wildman–Crippen LogP) is 0.975. The first-order chi connectivity index (χ1) is 8.17. The summed E-state index contributed by atoms with van der Waals surface area (Å²) in [5, 5.41) is 0. The summed E-state index contributed by atoms with van der Waals surface area (Å²) < 4.78 is 6.18. The van der Waals surface area contributed by atoms with Gasteiger partial charge < -0.3 is 9.57 Å². The third-order valence-electron chi connectivity index (χ3n) is 2.30. The molecular weight excluding hydrogens is 222 g/mol. The topological polar surface area (TPSA) is 66.2 Å². The number of carbonyl (C=O) groups excluding carboxylic acids is 1. The van der Waals surface area contributed by atoms with Crippen LogP contribution in [0, 0.1) is 6.92 Å². The Kier molecular flexibility index (Phi) is 2.95. The van der Waals surface area contributed by atoms with E-state index < -0.39 is 5.97 Å². The number of ether oxygens (including phenoxy) is 1. The SMILES string of the molecule is CCOn1ccc2nc(C(=O)OC)c(C)nc21. The van der Waals surface area contributed by atoms with Crippen LogP contribution >= 0.6 is 0 Å². The molecule has 2 heterocycles. The van der Waals surface area contributed by atoms with Crippen molar-refractivity contribution >= 4 is 17.1 Å². The number of nitrogens with zero attached hydrogens (tertiary/aromatic N) is 3. The first kappa shape index (κ1) is 11.4. The number of aromatic nitrogens is 3. The van der Waals surface area contributed by atoms with Crippen LogP contribution in [-0.4, -0.2) is 34.4 Å². The highest BCUT2D eigenvalue weighted by molar-refractivity contribution is 5.90. The van der Waals surface area contributed by atoms with Crippen LogP contribution in [-0.2, 0) is 4.74 Å². The van der Waals surface area contributed by atoms with Gasteiger partial charge in [0.25, 0.3) is 0 Å². The van der Waals surface area contributed by atoms with Crippen molar-refractivity contribution in [1.29, 1.82) is 0 Å². The second-order valence-electron chi connectivity index (χ2n) is 3.42. The van der Waals surface area contributed by atoms with Crippen molar-refractivity contribution in [3.05, 3.63) is 23.7 Å². The Hall–Kier alpha value is -2.11. The van der Waals surface area contributed by atoms with Gasteiger partial charge in [-0.05, 0) is 19.9 Å². The average molecular weight is 235 g/mol. The van der Waals surface area contributed by atoms with Crippen molar-refractivity contribution in [1.82, 2.24) is 14.7 Å². The van der Waals surface area contributed by atoms with Gasteiger partial charge in [0.2, 0.25) is 0 Å². The van der Waals surface area contributed by atoms with E-state index in [-0.39, 0.29) is 5.69 Å². The van der Waals surface area contributed by atoms with Gasteiger partial charge in [0.1, 0.15) is 12.1 Å². The summed E-state index contributed by atoms with van der Waals surface area (Å²) in [5.41, 5.74) is 1.94. The maximum atomic E-state index is 11.4. The molecule has 2 aromatic heterocycles. The summed E-state index contributed by atoms with van der Waals surface area (Å²) in [6, 6.07) is 1.74. The predicted molar refractivity (Wildman–Crippen MR) is 60.7 cm³/mol. The highest BCUT2D eigenvalue weighted by Crippen LogP contribution is 2.13. The highest BCUT2D eigenvalue weighted by atomic mass is 16.7. The molecular formula is C11H13N3O3. The Morgan fingerprint density at radius 1 is 1.47 bits per heavy atom. The minimum Gasteiger partial charge on any atom is -0.464 e. The third kappa shape index (κ3) is 1.93. The highest BCUT2D eigenvalue weighted by Gasteiger charge is 2.15. The molecule has 0 bridgehead atoms. The standard InChI is InChI=1S/C11H13N3O3/c1-4-17-14-6-5-8-10(14)12-7(2)9(13-8)11(15)16-3/h5-6H,4H2,1-3H3. The second-order valence-corrected chi connectivity index (χ2v) is 3.42. The fourth-order valence-electron chi connectivity index (χ4n) is 1.54. The monoisotopic (exact) mass is 235 g/mol. The molecule has 6 heteroatoms. The molecule has 0 aliphatic carbocycles. The molecule has 0 saturated heterocycles. The average Bonchev–Trinajstić information content (AvgIpc) is 2.70. The minimum absolute atomic E-state index is 0.231. The first-order valence-electron chi connectivity index (χ1n) is 5.24. The Balaban J connectivity index is 2.56. The lowest BCUT2D eigenvalue weighted by molar-refractivity contribution is 0.0593. The van der Waals surface area contributed by atoms with Gasteiger partial charge >= 0.3 is 5.97 Å². The van der Waals surface area contributed by atoms with E-state index >= 15 is 0 Å². The minimum atomic E-state index is -0.485. The van der Waals surface area contributed by atoms with E-state index in [1.54, 1.807) is 19.2 Å². The zero-order valence-corrected chi connectivity index (χ0v) is 9.93. The van der Waals surface area contributed by atoms with Crippen molar-refractivity contribution in [3.8, 4) is 0 Å². The van der Waals surface area contributed by atoms with Crippen LogP contribution in [0.2, 0.25) is 0 Å². The maximum absolute atomic E-state index is 11.4. The van der Waals surface area contributed by atoms with Crippen LogP contribution in [0.1, 0.15) is 23.1 Å². The molecule has 0 spiro atoms. The normalized spacial score (nSPS) is 10.5. The number of rotatable bonds is 3. The van der Waals surface area contributed by atoms with Gasteiger partial charge in [0.15, 0.2) is 11.3 Å². The molecule has 0 radical (unpaired) electrons. The summed E-state index contributed by atoms with van der Waals surface area (Å²) in [6.45, 7) is 4.13. The van der Waals surface area contributed by atoms with Crippen LogP contribution < -0.4 is 4.84 Å². The summed E-state index contributed by atoms with van der Waals surface area (Å²) in [7, 11) is 1.32. The lowest BCUT2D eigenvalue weighted by Gasteiger charge is -2.06. The van der Waals surface area contributed by atoms with E-state index in [0.717, 1.165) is 0 Å². The summed E-state index contributed by atoms with van der Waals surface area (Å²) in [5.74, 6) is -0.485. The number of hydrogen-bond acceptors (Lipinski definition) is 5. The Morgan fingerprint density at radius 2 is 2.24 bits per heavy atom. The number of carbonyl (C=O) groups is 1. The third-order valence-corrected chi connectivity index (χ3v) is 2.30. The van der Waals surface area contributed by atoms with E-state index in [4.69, 9.17) is 4.84 Å². The molecule has 6 nitrogen and oxygen atoms in total. The number of methoxy groups -OCH3 is 1. The lowest BCUT2D eigenvalue weighted by atomic mass is 10.3. The molecule has 0 aliphatic heterocycles. The molecule has 2 rings (SSSR count). The van der Waals surface area contributed by atoms with Crippen LogP contribution in [0.3, 0.4) is 0 Å². The molecule has 0 aromatic carbocycles. The molecule has 17 heavy (non-hydrogen) atoms. The van der Waals surface area contributed by atoms with Crippen molar-refractivity contribution in [2.75, 3.05) is 13.7 Å². The largest absolute Gasteiger partial charge is 0.464 e. The van der Waals surface area contributed by atoms with Gasteiger partial charge in [-0.3, -0.25) is 0 Å². The summed E-state index contributed by atoms with van der Waals surface area (Å²) >= 11 is 0. The van der Waals surface area contributed by atoms with Crippen LogP contribution in [0.5, 0.6) is 0 Å². The molecule has 0 atom stereocenters. The number of aryl methyl sites for hydroxylation is 1. The van der Waals surface area contributed by atoms with Gasteiger partial charge in [0.05, 0.1) is 12.8 Å². The molecule has 0 aliphatic rings. The van der Waals surface area contributed by atoms with Crippen LogP contribution in [0.15, 0.2) is 12.3 Å². The smallest absolute Gasteiger partial charge is 0.358 e. The van der Waals surface area contributed by atoms with E-state index in [2.05, 4.69) is 14.7 Å².